The van der Waals surface area contributed by atoms with Gasteiger partial charge in [0, 0.05) is 26.5 Å². The Kier molecular flexibility index (Phi) is 3.48. The lowest BCUT2D eigenvalue weighted by Crippen LogP contribution is -2.11. The molecule has 1 aromatic heterocycles. The Labute approximate surface area is 129 Å². The zero-order chi connectivity index (χ0) is 14.3. The van der Waals surface area contributed by atoms with Crippen LogP contribution in [0.3, 0.4) is 0 Å². The molecule has 3 N–H and O–H groups in total. The maximum atomic E-state index is 11.6. The van der Waals surface area contributed by atoms with Crippen molar-refractivity contribution in [3.63, 3.8) is 0 Å². The summed E-state index contributed by atoms with van der Waals surface area (Å²) in [6, 6.07) is 9.95. The first-order valence-electron chi connectivity index (χ1n) is 6.13. The standard InChI is InChI=1S/C15H13BrN2OS/c1-20-7-8-2-3-9-12(6-8)18-14-10(15(17)19)4-5-11(16)13(9)14/h2-6,18H,7H2,1H3,(H2,17,19). The number of primary amides is 1. The molecule has 102 valence electrons. The highest BCUT2D eigenvalue weighted by Gasteiger charge is 2.14. The third-order valence-electron chi connectivity index (χ3n) is 3.34. The summed E-state index contributed by atoms with van der Waals surface area (Å²) in [4.78, 5) is 14.9. The van der Waals surface area contributed by atoms with E-state index in [9.17, 15) is 4.79 Å². The second-order valence-electron chi connectivity index (χ2n) is 4.65. The molecule has 0 spiro atoms. The van der Waals surface area contributed by atoms with Crippen molar-refractivity contribution in [2.45, 2.75) is 5.75 Å². The molecule has 0 saturated carbocycles. The minimum atomic E-state index is -0.418. The van der Waals surface area contributed by atoms with Crippen molar-refractivity contribution in [3.05, 3.63) is 45.9 Å². The maximum absolute atomic E-state index is 11.6. The zero-order valence-corrected chi connectivity index (χ0v) is 13.3. The van der Waals surface area contributed by atoms with Gasteiger partial charge in [0.05, 0.1) is 11.1 Å². The molecule has 0 atom stereocenters. The lowest BCUT2D eigenvalue weighted by Gasteiger charge is -2.01. The van der Waals surface area contributed by atoms with Crippen LogP contribution in [0, 0.1) is 0 Å². The minimum Gasteiger partial charge on any atom is -0.366 e. The fourth-order valence-corrected chi connectivity index (χ4v) is 3.54. The third-order valence-corrected chi connectivity index (χ3v) is 4.63. The van der Waals surface area contributed by atoms with Crippen molar-refractivity contribution in [1.82, 2.24) is 4.98 Å². The molecule has 20 heavy (non-hydrogen) atoms. The molecule has 0 saturated heterocycles. The Hall–Kier alpha value is -1.46. The zero-order valence-electron chi connectivity index (χ0n) is 10.9. The van der Waals surface area contributed by atoms with Gasteiger partial charge in [-0.1, -0.05) is 28.1 Å². The number of benzene rings is 2. The summed E-state index contributed by atoms with van der Waals surface area (Å²) in [5, 5.41) is 2.10. The number of H-pyrrole nitrogens is 1. The van der Waals surface area contributed by atoms with Crippen LogP contribution in [0.25, 0.3) is 21.8 Å². The number of amides is 1. The topological polar surface area (TPSA) is 58.9 Å². The van der Waals surface area contributed by atoms with Crippen LogP contribution in [-0.2, 0) is 5.75 Å². The first-order valence-corrected chi connectivity index (χ1v) is 8.32. The summed E-state index contributed by atoms with van der Waals surface area (Å²) in [5.74, 6) is 0.549. The molecule has 2 aromatic carbocycles. The highest BCUT2D eigenvalue weighted by Crippen LogP contribution is 2.34. The van der Waals surface area contributed by atoms with E-state index in [4.69, 9.17) is 5.73 Å². The van der Waals surface area contributed by atoms with Crippen LogP contribution in [0.15, 0.2) is 34.8 Å². The van der Waals surface area contributed by atoms with Crippen LogP contribution in [-0.4, -0.2) is 17.1 Å². The van der Waals surface area contributed by atoms with E-state index in [1.165, 1.54) is 5.56 Å². The summed E-state index contributed by atoms with van der Waals surface area (Å²) in [7, 11) is 0. The van der Waals surface area contributed by atoms with Crippen LogP contribution in [0.4, 0.5) is 0 Å². The first-order chi connectivity index (χ1) is 9.61. The number of aromatic nitrogens is 1. The van der Waals surface area contributed by atoms with Crippen molar-refractivity contribution in [3.8, 4) is 0 Å². The van der Waals surface area contributed by atoms with Crippen LogP contribution in [0.2, 0.25) is 0 Å². The van der Waals surface area contributed by atoms with Crippen molar-refractivity contribution in [2.75, 3.05) is 6.26 Å². The molecule has 3 nitrogen and oxygen atoms in total. The van der Waals surface area contributed by atoms with Crippen LogP contribution >= 0.6 is 27.7 Å². The minimum absolute atomic E-state index is 0.418. The Bertz CT molecular complexity index is 825. The van der Waals surface area contributed by atoms with Crippen LogP contribution < -0.4 is 5.73 Å². The Morgan fingerprint density at radius 1 is 1.35 bits per heavy atom. The molecule has 0 radical (unpaired) electrons. The Morgan fingerprint density at radius 2 is 2.15 bits per heavy atom. The number of thioether (sulfide) groups is 1. The molecule has 1 heterocycles. The van der Waals surface area contributed by atoms with E-state index in [0.717, 1.165) is 32.0 Å². The number of carbonyl (C=O) groups is 1. The monoisotopic (exact) mass is 348 g/mol. The van der Waals surface area contributed by atoms with Crippen molar-refractivity contribution < 1.29 is 4.79 Å². The van der Waals surface area contributed by atoms with Gasteiger partial charge in [0.1, 0.15) is 0 Å². The van der Waals surface area contributed by atoms with E-state index in [1.807, 2.05) is 6.07 Å². The van der Waals surface area contributed by atoms with E-state index >= 15 is 0 Å². The Balaban J connectivity index is 2.37. The normalized spacial score (nSPS) is 11.3. The number of carbonyl (C=O) groups excluding carboxylic acids is 1. The summed E-state index contributed by atoms with van der Waals surface area (Å²) < 4.78 is 0.960. The molecular formula is C15H13BrN2OS. The largest absolute Gasteiger partial charge is 0.366 e. The molecule has 0 unspecified atom stereocenters. The van der Waals surface area contributed by atoms with Gasteiger partial charge >= 0.3 is 0 Å². The summed E-state index contributed by atoms with van der Waals surface area (Å²) in [5.41, 5.74) is 9.05. The average Bonchev–Trinajstić information content (AvgIpc) is 2.78. The third kappa shape index (κ3) is 2.11. The van der Waals surface area contributed by atoms with Gasteiger partial charge in [0.2, 0.25) is 0 Å². The number of hydrogen-bond acceptors (Lipinski definition) is 2. The SMILES string of the molecule is CSCc1ccc2c(c1)[nH]c1c(C(N)=O)ccc(Br)c12. The molecule has 0 bridgehead atoms. The second kappa shape index (κ2) is 5.14. The van der Waals surface area contributed by atoms with Gasteiger partial charge in [-0.2, -0.15) is 11.8 Å². The molecule has 0 aliphatic rings. The summed E-state index contributed by atoms with van der Waals surface area (Å²) >= 11 is 5.34. The van der Waals surface area contributed by atoms with Gasteiger partial charge in [-0.15, -0.1) is 0 Å². The highest BCUT2D eigenvalue weighted by molar-refractivity contribution is 9.10. The summed E-state index contributed by atoms with van der Waals surface area (Å²) in [6.45, 7) is 0. The van der Waals surface area contributed by atoms with Gasteiger partial charge in [0.25, 0.3) is 5.91 Å². The van der Waals surface area contributed by atoms with Crippen LogP contribution in [0.1, 0.15) is 15.9 Å². The van der Waals surface area contributed by atoms with E-state index in [-0.39, 0.29) is 0 Å². The van der Waals surface area contributed by atoms with Gasteiger partial charge in [-0.3, -0.25) is 4.79 Å². The van der Waals surface area contributed by atoms with Gasteiger partial charge in [0.15, 0.2) is 0 Å². The predicted molar refractivity (Wildman–Crippen MR) is 89.2 cm³/mol. The molecule has 0 fully saturated rings. The Morgan fingerprint density at radius 3 is 2.85 bits per heavy atom. The van der Waals surface area contributed by atoms with Crippen molar-refractivity contribution in [1.29, 1.82) is 0 Å². The van der Waals surface area contributed by atoms with E-state index < -0.39 is 5.91 Å². The number of hydrogen-bond donors (Lipinski definition) is 2. The summed E-state index contributed by atoms with van der Waals surface area (Å²) in [6.07, 6.45) is 2.08. The van der Waals surface area contributed by atoms with Gasteiger partial charge in [-0.25, -0.2) is 0 Å². The molecule has 5 heteroatoms. The molecule has 1 amide bonds. The lowest BCUT2D eigenvalue weighted by molar-refractivity contribution is 0.100. The van der Waals surface area contributed by atoms with E-state index in [0.29, 0.717) is 5.56 Å². The van der Waals surface area contributed by atoms with Gasteiger partial charge < -0.3 is 10.7 Å². The molecule has 0 aliphatic heterocycles. The first kappa shape index (κ1) is 13.5. The number of fused-ring (bicyclic) bond motifs is 3. The fraction of sp³-hybridized carbons (Fsp3) is 0.133. The average molecular weight is 349 g/mol. The van der Waals surface area contributed by atoms with Gasteiger partial charge in [-0.05, 0) is 30.0 Å². The molecule has 3 rings (SSSR count). The van der Waals surface area contributed by atoms with Crippen molar-refractivity contribution >= 4 is 55.4 Å². The maximum Gasteiger partial charge on any atom is 0.250 e. The number of aromatic amines is 1. The highest BCUT2D eigenvalue weighted by atomic mass is 79.9. The number of rotatable bonds is 3. The number of nitrogens with one attached hydrogen (secondary N) is 1. The van der Waals surface area contributed by atoms with E-state index in [2.05, 4.69) is 45.4 Å². The van der Waals surface area contributed by atoms with E-state index in [1.54, 1.807) is 17.8 Å². The molecule has 0 aliphatic carbocycles. The van der Waals surface area contributed by atoms with Crippen molar-refractivity contribution in [2.24, 2.45) is 5.73 Å². The molecular weight excluding hydrogens is 336 g/mol. The van der Waals surface area contributed by atoms with Crippen LogP contribution in [0.5, 0.6) is 0 Å². The molecule has 3 aromatic rings. The number of nitrogens with two attached hydrogens (primary N) is 1. The second-order valence-corrected chi connectivity index (χ2v) is 6.37. The quantitative estimate of drug-likeness (QED) is 0.750. The lowest BCUT2D eigenvalue weighted by atomic mass is 10.1. The fourth-order valence-electron chi connectivity index (χ4n) is 2.48. The predicted octanol–water partition coefficient (Wildman–Crippen LogP) is 4.05. The number of halogens is 1. The smallest absolute Gasteiger partial charge is 0.250 e.